The maximum Gasteiger partial charge on any atom is 0.306 e. The van der Waals surface area contributed by atoms with Gasteiger partial charge in [0.2, 0.25) is 5.91 Å². The molecule has 0 heterocycles. The molecule has 6 nitrogen and oxygen atoms in total. The van der Waals surface area contributed by atoms with Crippen molar-refractivity contribution in [3.63, 3.8) is 0 Å². The van der Waals surface area contributed by atoms with E-state index in [1.165, 1.54) is 38.5 Å². The van der Waals surface area contributed by atoms with Crippen molar-refractivity contribution in [2.24, 2.45) is 0 Å². The van der Waals surface area contributed by atoms with E-state index in [1.54, 1.807) is 6.08 Å². The largest absolute Gasteiger partial charge is 0.458 e. The molecule has 0 aliphatic heterocycles. The first-order valence-corrected chi connectivity index (χ1v) is 23.5. The van der Waals surface area contributed by atoms with E-state index in [2.05, 4.69) is 99.0 Å². The van der Waals surface area contributed by atoms with Crippen LogP contribution in [0.25, 0.3) is 0 Å². The number of rotatable bonds is 39. The molecule has 3 atom stereocenters. The van der Waals surface area contributed by atoms with Crippen molar-refractivity contribution >= 4 is 11.9 Å². The van der Waals surface area contributed by atoms with Gasteiger partial charge in [-0.2, -0.15) is 0 Å². The van der Waals surface area contributed by atoms with Crippen molar-refractivity contribution in [2.45, 2.75) is 187 Å². The summed E-state index contributed by atoms with van der Waals surface area (Å²) in [6, 6.07) is -0.760. The van der Waals surface area contributed by atoms with E-state index in [9.17, 15) is 19.8 Å². The average molecular weight is 828 g/mol. The highest BCUT2D eigenvalue weighted by atomic mass is 16.5. The fourth-order valence-electron chi connectivity index (χ4n) is 6.09. The lowest BCUT2D eigenvalue weighted by molar-refractivity contribution is -0.148. The van der Waals surface area contributed by atoms with Crippen LogP contribution in [0.1, 0.15) is 168 Å². The van der Waals surface area contributed by atoms with Crippen LogP contribution in [0.3, 0.4) is 0 Å². The molecule has 0 saturated carbocycles. The second-order valence-corrected chi connectivity index (χ2v) is 15.2. The molecule has 0 aromatic carbocycles. The number of unbranched alkanes of at least 4 members (excludes halogenated alkanes) is 11. The van der Waals surface area contributed by atoms with Gasteiger partial charge in [-0.3, -0.25) is 9.59 Å². The van der Waals surface area contributed by atoms with Gasteiger partial charge in [0.1, 0.15) is 6.10 Å². The summed E-state index contributed by atoms with van der Waals surface area (Å²) in [6.07, 6.45) is 65.4. The summed E-state index contributed by atoms with van der Waals surface area (Å²) in [7, 11) is 0. The number of carbonyl (C=O) groups is 2. The maximum absolute atomic E-state index is 13.1. The number of esters is 1. The van der Waals surface area contributed by atoms with E-state index in [-0.39, 0.29) is 31.3 Å². The van der Waals surface area contributed by atoms with Gasteiger partial charge in [0.15, 0.2) is 0 Å². The fraction of sp³-hybridized carbons (Fsp3) is 0.556. The van der Waals surface area contributed by atoms with Gasteiger partial charge >= 0.3 is 5.97 Å². The molecule has 6 heteroatoms. The van der Waals surface area contributed by atoms with Gasteiger partial charge in [0, 0.05) is 6.42 Å². The zero-order valence-electron chi connectivity index (χ0n) is 38.0. The lowest BCUT2D eigenvalue weighted by Gasteiger charge is -2.23. The number of allylic oxidation sites excluding steroid dienone is 21. The van der Waals surface area contributed by atoms with Crippen molar-refractivity contribution in [2.75, 3.05) is 6.61 Å². The fourth-order valence-corrected chi connectivity index (χ4v) is 6.09. The lowest BCUT2D eigenvalue weighted by atomic mass is 10.0. The summed E-state index contributed by atoms with van der Waals surface area (Å²) < 4.78 is 5.78. The molecule has 0 rings (SSSR count). The highest BCUT2D eigenvalue weighted by Crippen LogP contribution is 2.14. The van der Waals surface area contributed by atoms with Crippen LogP contribution in [0, 0.1) is 0 Å². The van der Waals surface area contributed by atoms with Gasteiger partial charge < -0.3 is 20.3 Å². The zero-order chi connectivity index (χ0) is 43.8. The van der Waals surface area contributed by atoms with Gasteiger partial charge in [0.25, 0.3) is 0 Å². The average Bonchev–Trinajstić information content (AvgIpc) is 3.24. The smallest absolute Gasteiger partial charge is 0.306 e. The molecule has 0 saturated heterocycles. The standard InChI is InChI=1S/C54H85NO5/c1-4-7-10-13-16-19-21-23-25-26-28-29-31-34-36-39-42-45-50(48-53(58)55-51(49-56)52(57)46-43-40-37-33-18-15-12-9-6-3)60-54(59)47-44-41-38-35-32-30-27-24-22-20-17-14-11-8-5-2/h7-8,10-11,14,16-17,19-20,22-25,27-30,32,34,36,42,45,50-52,56-57H,4-6,9,12-13,15,18,21,26,31,33,35,37-41,43-44,46-49H2,1-3H3,(H,55,58)/b10-7-,11-8+,17-14+,19-16-,22-20-,25-23-,27-24-,29-28-,32-30+,36-34-,45-42-. The number of hydrogen-bond acceptors (Lipinski definition) is 5. The van der Waals surface area contributed by atoms with Crippen LogP contribution in [0.5, 0.6) is 0 Å². The number of amides is 1. The van der Waals surface area contributed by atoms with Crippen molar-refractivity contribution in [3.05, 3.63) is 134 Å². The third-order valence-electron chi connectivity index (χ3n) is 9.60. The monoisotopic (exact) mass is 828 g/mol. The van der Waals surface area contributed by atoms with Crippen molar-refractivity contribution in [1.29, 1.82) is 0 Å². The van der Waals surface area contributed by atoms with Crippen LogP contribution >= 0.6 is 0 Å². The number of aliphatic hydroxyl groups excluding tert-OH is 2. The topological polar surface area (TPSA) is 95.9 Å². The number of hydrogen-bond donors (Lipinski definition) is 3. The molecular weight excluding hydrogens is 743 g/mol. The second-order valence-electron chi connectivity index (χ2n) is 15.2. The highest BCUT2D eigenvalue weighted by Gasteiger charge is 2.23. The van der Waals surface area contributed by atoms with Crippen LogP contribution in [0.4, 0.5) is 0 Å². The summed E-state index contributed by atoms with van der Waals surface area (Å²) in [5, 5.41) is 23.5. The lowest BCUT2D eigenvalue weighted by Crippen LogP contribution is -2.46. The minimum absolute atomic E-state index is 0.0746. The Hall–Kier alpha value is -4.00. The molecular formula is C54H85NO5. The Bertz CT molecular complexity index is 1340. The minimum atomic E-state index is -0.835. The summed E-state index contributed by atoms with van der Waals surface area (Å²) in [5.74, 6) is -0.699. The number of nitrogens with one attached hydrogen (secondary N) is 1. The van der Waals surface area contributed by atoms with E-state index in [4.69, 9.17) is 4.74 Å². The summed E-state index contributed by atoms with van der Waals surface area (Å²) in [4.78, 5) is 26.0. The van der Waals surface area contributed by atoms with Gasteiger partial charge in [-0.15, -0.1) is 0 Å². The SMILES string of the molecule is CC/C=C\C/C=C\C/C=C\C/C=C\C/C=C\C/C=C\C(CC(=O)NC(CO)C(O)CCCCCCCCCCC)OC(=O)CCCCC/C=C/C=C\C=C/C=C/C=C/CC. The molecule has 0 bridgehead atoms. The predicted molar refractivity (Wildman–Crippen MR) is 259 cm³/mol. The first kappa shape index (κ1) is 56.0. The number of aliphatic hydroxyl groups is 2. The molecule has 0 aliphatic carbocycles. The Labute approximate surface area is 367 Å². The Kier molecular flexibility index (Phi) is 43.0. The van der Waals surface area contributed by atoms with Crippen molar-refractivity contribution < 1.29 is 24.5 Å². The van der Waals surface area contributed by atoms with Crippen LogP contribution in [0.15, 0.2) is 134 Å². The third-order valence-corrected chi connectivity index (χ3v) is 9.60. The van der Waals surface area contributed by atoms with Crippen molar-refractivity contribution in [1.82, 2.24) is 5.32 Å². The van der Waals surface area contributed by atoms with Crippen LogP contribution in [-0.4, -0.2) is 46.9 Å². The van der Waals surface area contributed by atoms with Crippen LogP contribution in [-0.2, 0) is 14.3 Å². The number of ether oxygens (including phenoxy) is 1. The molecule has 336 valence electrons. The van der Waals surface area contributed by atoms with Gasteiger partial charge in [0.05, 0.1) is 25.2 Å². The van der Waals surface area contributed by atoms with Crippen LogP contribution in [0.2, 0.25) is 0 Å². The molecule has 0 aliphatic rings. The van der Waals surface area contributed by atoms with Crippen LogP contribution < -0.4 is 5.32 Å². The Morgan fingerprint density at radius 1 is 0.533 bits per heavy atom. The van der Waals surface area contributed by atoms with Gasteiger partial charge in [-0.05, 0) is 76.7 Å². The second kappa shape index (κ2) is 46.1. The highest BCUT2D eigenvalue weighted by molar-refractivity contribution is 5.78. The van der Waals surface area contributed by atoms with Gasteiger partial charge in [-0.25, -0.2) is 0 Å². The summed E-state index contributed by atoms with van der Waals surface area (Å²) in [5.41, 5.74) is 0. The maximum atomic E-state index is 13.1. The third kappa shape index (κ3) is 40.8. The summed E-state index contributed by atoms with van der Waals surface area (Å²) in [6.45, 7) is 6.13. The summed E-state index contributed by atoms with van der Waals surface area (Å²) >= 11 is 0. The first-order valence-electron chi connectivity index (χ1n) is 23.5. The quantitative estimate of drug-likeness (QED) is 0.0248. The van der Waals surface area contributed by atoms with E-state index in [0.717, 1.165) is 77.0 Å². The molecule has 0 fully saturated rings. The molecule has 1 amide bonds. The van der Waals surface area contributed by atoms with E-state index < -0.39 is 18.2 Å². The van der Waals surface area contributed by atoms with E-state index in [0.29, 0.717) is 19.3 Å². The molecule has 3 unspecified atom stereocenters. The molecule has 0 aromatic heterocycles. The number of carbonyl (C=O) groups excluding carboxylic acids is 2. The molecule has 3 N–H and O–H groups in total. The normalized spacial score (nSPS) is 14.6. The van der Waals surface area contributed by atoms with E-state index >= 15 is 0 Å². The molecule has 0 aromatic rings. The van der Waals surface area contributed by atoms with E-state index in [1.807, 2.05) is 54.7 Å². The zero-order valence-corrected chi connectivity index (χ0v) is 38.0. The molecule has 0 spiro atoms. The molecule has 0 radical (unpaired) electrons. The Balaban J connectivity index is 4.93. The molecule has 60 heavy (non-hydrogen) atoms. The van der Waals surface area contributed by atoms with Crippen molar-refractivity contribution in [3.8, 4) is 0 Å². The Morgan fingerprint density at radius 2 is 1.00 bits per heavy atom. The van der Waals surface area contributed by atoms with Gasteiger partial charge in [-0.1, -0.05) is 213 Å². The first-order chi connectivity index (χ1) is 29.5. The Morgan fingerprint density at radius 3 is 1.53 bits per heavy atom. The minimum Gasteiger partial charge on any atom is -0.458 e. The predicted octanol–water partition coefficient (Wildman–Crippen LogP) is 13.9.